The molecular weight excluding hydrogens is 302 g/mol. The molecule has 0 aliphatic carbocycles. The molecule has 0 saturated heterocycles. The van der Waals surface area contributed by atoms with Crippen LogP contribution in [0.2, 0.25) is 0 Å². The average molecular weight is 319 g/mol. The number of hydrazone groups is 1. The minimum atomic E-state index is -0.465. The lowest BCUT2D eigenvalue weighted by molar-refractivity contribution is 0.0954. The first-order chi connectivity index (χ1) is 11.6. The molecule has 1 amide bonds. The van der Waals surface area contributed by atoms with E-state index in [2.05, 4.69) is 10.5 Å². The van der Waals surface area contributed by atoms with Gasteiger partial charge in [0.25, 0.3) is 5.91 Å². The highest BCUT2D eigenvalue weighted by Gasteiger charge is 2.14. The van der Waals surface area contributed by atoms with E-state index in [1.807, 2.05) is 30.3 Å². The van der Waals surface area contributed by atoms with E-state index in [1.165, 1.54) is 6.07 Å². The highest BCUT2D eigenvalue weighted by Crippen LogP contribution is 2.26. The normalized spacial score (nSPS) is 11.5. The minimum Gasteiger partial charge on any atom is -0.507 e. The zero-order chi connectivity index (χ0) is 17.1. The van der Waals surface area contributed by atoms with Crippen molar-refractivity contribution in [3.8, 4) is 5.75 Å². The van der Waals surface area contributed by atoms with Crippen molar-refractivity contribution >= 4 is 28.1 Å². The summed E-state index contributed by atoms with van der Waals surface area (Å²) in [6.45, 7) is 1.78. The van der Waals surface area contributed by atoms with Crippen molar-refractivity contribution < 1.29 is 9.90 Å². The molecule has 0 fully saturated rings. The third-order valence-electron chi connectivity index (χ3n) is 3.76. The summed E-state index contributed by atoms with van der Waals surface area (Å²) in [6, 6.07) is 17.9. The van der Waals surface area contributed by atoms with Crippen molar-refractivity contribution in [3.63, 3.8) is 0 Å². The van der Waals surface area contributed by atoms with Crippen LogP contribution in [0.1, 0.15) is 22.8 Å². The molecule has 5 heteroatoms. The number of aromatic hydroxyl groups is 1. The minimum absolute atomic E-state index is 0.0805. The number of nitrogen functional groups attached to an aromatic ring is 1. The molecule has 0 spiro atoms. The van der Waals surface area contributed by atoms with Crippen molar-refractivity contribution in [2.45, 2.75) is 6.92 Å². The van der Waals surface area contributed by atoms with Crippen LogP contribution in [0.3, 0.4) is 0 Å². The monoisotopic (exact) mass is 319 g/mol. The van der Waals surface area contributed by atoms with E-state index in [1.54, 1.807) is 31.2 Å². The zero-order valence-corrected chi connectivity index (χ0v) is 13.2. The number of phenolic OH excluding ortho intramolecular Hbond substituents is 1. The Balaban J connectivity index is 1.91. The molecule has 4 N–H and O–H groups in total. The van der Waals surface area contributed by atoms with Crippen LogP contribution in [0.4, 0.5) is 5.69 Å². The SMILES string of the molecule is CC(=NNC(=O)c1c(O)ccc2ccccc12)c1cccc(N)c1. The fraction of sp³-hybridized carbons (Fsp3) is 0.0526. The summed E-state index contributed by atoms with van der Waals surface area (Å²) >= 11 is 0. The summed E-state index contributed by atoms with van der Waals surface area (Å²) < 4.78 is 0. The lowest BCUT2D eigenvalue weighted by Gasteiger charge is -2.08. The van der Waals surface area contributed by atoms with Crippen LogP contribution in [0.15, 0.2) is 65.8 Å². The standard InChI is InChI=1S/C19H17N3O2/c1-12(14-6-4-7-15(20)11-14)21-22-19(24)18-16-8-3-2-5-13(16)9-10-17(18)23/h2-11,23H,20H2,1H3,(H,22,24). The molecule has 0 aliphatic heterocycles. The summed E-state index contributed by atoms with van der Waals surface area (Å²) in [7, 11) is 0. The van der Waals surface area contributed by atoms with Crippen LogP contribution in [0.25, 0.3) is 10.8 Å². The Morgan fingerprint density at radius 3 is 2.67 bits per heavy atom. The first-order valence-corrected chi connectivity index (χ1v) is 7.47. The second kappa shape index (κ2) is 6.42. The van der Waals surface area contributed by atoms with Gasteiger partial charge in [0.1, 0.15) is 5.75 Å². The maximum atomic E-state index is 12.5. The third-order valence-corrected chi connectivity index (χ3v) is 3.76. The predicted molar refractivity (Wildman–Crippen MR) is 96.1 cm³/mol. The van der Waals surface area contributed by atoms with Gasteiger partial charge in [0.15, 0.2) is 0 Å². The number of anilines is 1. The lowest BCUT2D eigenvalue weighted by Crippen LogP contribution is -2.20. The van der Waals surface area contributed by atoms with Gasteiger partial charge in [-0.3, -0.25) is 4.79 Å². The van der Waals surface area contributed by atoms with Crippen LogP contribution >= 0.6 is 0 Å². The van der Waals surface area contributed by atoms with Gasteiger partial charge in [0.2, 0.25) is 0 Å². The summed E-state index contributed by atoms with van der Waals surface area (Å²) in [4.78, 5) is 12.5. The van der Waals surface area contributed by atoms with E-state index in [0.717, 1.165) is 10.9 Å². The molecule has 0 unspecified atom stereocenters. The largest absolute Gasteiger partial charge is 0.507 e. The Bertz CT molecular complexity index is 948. The number of hydrogen-bond donors (Lipinski definition) is 3. The molecule has 3 aromatic rings. The number of fused-ring (bicyclic) bond motifs is 1. The molecule has 0 aromatic heterocycles. The summed E-state index contributed by atoms with van der Waals surface area (Å²) in [5, 5.41) is 15.7. The maximum Gasteiger partial charge on any atom is 0.275 e. The van der Waals surface area contributed by atoms with E-state index in [9.17, 15) is 9.90 Å². The van der Waals surface area contributed by atoms with E-state index in [4.69, 9.17) is 5.73 Å². The Kier molecular flexibility index (Phi) is 4.16. The van der Waals surface area contributed by atoms with Gasteiger partial charge in [-0.1, -0.05) is 42.5 Å². The Hall–Kier alpha value is -3.34. The van der Waals surface area contributed by atoms with Crippen LogP contribution in [0.5, 0.6) is 5.75 Å². The molecule has 0 atom stereocenters. The van der Waals surface area contributed by atoms with Gasteiger partial charge < -0.3 is 10.8 Å². The molecule has 120 valence electrons. The van der Waals surface area contributed by atoms with Gasteiger partial charge in [-0.05, 0) is 41.5 Å². The first-order valence-electron chi connectivity index (χ1n) is 7.47. The average Bonchev–Trinajstić information content (AvgIpc) is 2.59. The van der Waals surface area contributed by atoms with Gasteiger partial charge in [0.05, 0.1) is 11.3 Å². The Morgan fingerprint density at radius 1 is 1.08 bits per heavy atom. The number of carbonyl (C=O) groups is 1. The summed E-state index contributed by atoms with van der Waals surface area (Å²) in [6.07, 6.45) is 0. The molecule has 3 rings (SSSR count). The maximum absolute atomic E-state index is 12.5. The zero-order valence-electron chi connectivity index (χ0n) is 13.2. The number of hydrogen-bond acceptors (Lipinski definition) is 4. The van der Waals surface area contributed by atoms with Crippen LogP contribution in [0, 0.1) is 0 Å². The van der Waals surface area contributed by atoms with Crippen LogP contribution < -0.4 is 11.2 Å². The topological polar surface area (TPSA) is 87.7 Å². The molecule has 0 saturated carbocycles. The second-order valence-electron chi connectivity index (χ2n) is 5.44. The number of phenols is 1. The lowest BCUT2D eigenvalue weighted by atomic mass is 10.0. The number of nitrogens with zero attached hydrogens (tertiary/aromatic N) is 1. The first kappa shape index (κ1) is 15.6. The third kappa shape index (κ3) is 3.05. The Morgan fingerprint density at radius 2 is 1.88 bits per heavy atom. The summed E-state index contributed by atoms with van der Waals surface area (Å²) in [5.74, 6) is -0.546. The van der Waals surface area contributed by atoms with Crippen molar-refractivity contribution in [2.24, 2.45) is 5.10 Å². The molecule has 0 bridgehead atoms. The molecule has 5 nitrogen and oxygen atoms in total. The molecule has 3 aromatic carbocycles. The van der Waals surface area contributed by atoms with E-state index in [-0.39, 0.29) is 11.3 Å². The van der Waals surface area contributed by atoms with Gasteiger partial charge >= 0.3 is 0 Å². The van der Waals surface area contributed by atoms with E-state index < -0.39 is 5.91 Å². The molecule has 0 radical (unpaired) electrons. The smallest absolute Gasteiger partial charge is 0.275 e. The highest BCUT2D eigenvalue weighted by molar-refractivity contribution is 6.10. The number of nitrogens with two attached hydrogens (primary N) is 1. The van der Waals surface area contributed by atoms with E-state index in [0.29, 0.717) is 16.8 Å². The van der Waals surface area contributed by atoms with Crippen molar-refractivity contribution in [1.82, 2.24) is 5.43 Å². The number of rotatable bonds is 3. The molecular formula is C19H17N3O2. The van der Waals surface area contributed by atoms with Gasteiger partial charge in [0, 0.05) is 5.69 Å². The number of carbonyl (C=O) groups excluding carboxylic acids is 1. The van der Waals surface area contributed by atoms with Gasteiger partial charge in [-0.2, -0.15) is 5.10 Å². The number of nitrogens with one attached hydrogen (secondary N) is 1. The number of amides is 1. The molecule has 0 heterocycles. The Labute approximate surface area is 139 Å². The van der Waals surface area contributed by atoms with Gasteiger partial charge in [-0.15, -0.1) is 0 Å². The predicted octanol–water partition coefficient (Wildman–Crippen LogP) is 3.28. The van der Waals surface area contributed by atoms with Crippen molar-refractivity contribution in [2.75, 3.05) is 5.73 Å². The molecule has 0 aliphatic rings. The highest BCUT2D eigenvalue weighted by atomic mass is 16.3. The number of benzene rings is 3. The summed E-state index contributed by atoms with van der Waals surface area (Å²) in [5.41, 5.74) is 10.5. The molecule has 24 heavy (non-hydrogen) atoms. The van der Waals surface area contributed by atoms with Crippen molar-refractivity contribution in [1.29, 1.82) is 0 Å². The van der Waals surface area contributed by atoms with Crippen LogP contribution in [-0.4, -0.2) is 16.7 Å². The second-order valence-corrected chi connectivity index (χ2v) is 5.44. The fourth-order valence-electron chi connectivity index (χ4n) is 2.52. The quantitative estimate of drug-likeness (QED) is 0.393. The fourth-order valence-corrected chi connectivity index (χ4v) is 2.52. The van der Waals surface area contributed by atoms with Crippen LogP contribution in [-0.2, 0) is 0 Å². The van der Waals surface area contributed by atoms with Crippen molar-refractivity contribution in [3.05, 3.63) is 71.8 Å². The van der Waals surface area contributed by atoms with E-state index >= 15 is 0 Å². The van der Waals surface area contributed by atoms with Gasteiger partial charge in [-0.25, -0.2) is 5.43 Å².